The van der Waals surface area contributed by atoms with E-state index in [-0.39, 0.29) is 29.7 Å². The highest BCUT2D eigenvalue weighted by atomic mass is 16.5. The van der Waals surface area contributed by atoms with E-state index in [2.05, 4.69) is 9.72 Å². The summed E-state index contributed by atoms with van der Waals surface area (Å²) in [7, 11) is 1.27. The molecule has 0 radical (unpaired) electrons. The highest BCUT2D eigenvalue weighted by Crippen LogP contribution is 2.34. The zero-order valence-electron chi connectivity index (χ0n) is 12.7. The van der Waals surface area contributed by atoms with E-state index in [0.717, 1.165) is 0 Å². The zero-order valence-corrected chi connectivity index (χ0v) is 12.7. The number of H-pyrrole nitrogens is 1. The lowest BCUT2D eigenvalue weighted by atomic mass is 9.80. The Balaban J connectivity index is 2.03. The average molecular weight is 317 g/mol. The topological polar surface area (TPSA) is 103 Å². The molecule has 1 aliphatic heterocycles. The molecule has 0 unspecified atom stereocenters. The molecule has 2 heterocycles. The molecule has 120 valence electrons. The van der Waals surface area contributed by atoms with Crippen LogP contribution >= 0.6 is 0 Å². The van der Waals surface area contributed by atoms with Crippen molar-refractivity contribution in [1.82, 2.24) is 4.98 Å². The maximum Gasteiger partial charge on any atom is 0.308 e. The quantitative estimate of drug-likeness (QED) is 0.809. The molecule has 0 amide bonds. The summed E-state index contributed by atoms with van der Waals surface area (Å²) in [6.07, 6.45) is 0.266. The second-order valence-corrected chi connectivity index (χ2v) is 5.53. The molecule has 0 fully saturated rings. The van der Waals surface area contributed by atoms with Crippen LogP contribution in [0, 0.1) is 0 Å². The Hall–Kier alpha value is -2.54. The third kappa shape index (κ3) is 2.43. The van der Waals surface area contributed by atoms with Crippen LogP contribution < -0.4 is 5.43 Å². The Bertz CT molecular complexity index is 803. The lowest BCUT2D eigenvalue weighted by Crippen LogP contribution is -2.40. The molecule has 1 aromatic rings. The van der Waals surface area contributed by atoms with Gasteiger partial charge in [0.1, 0.15) is 5.69 Å². The molecule has 1 N–H and O–H groups in total. The fourth-order valence-electron chi connectivity index (χ4n) is 3.08. The minimum Gasteiger partial charge on any atom is -0.469 e. The van der Waals surface area contributed by atoms with Gasteiger partial charge in [0, 0.05) is 29.8 Å². The Morgan fingerprint density at radius 2 is 2.09 bits per heavy atom. The number of ketones is 2. The van der Waals surface area contributed by atoms with Crippen LogP contribution in [0.4, 0.5) is 0 Å². The predicted molar refractivity (Wildman–Crippen MR) is 78.3 cm³/mol. The summed E-state index contributed by atoms with van der Waals surface area (Å²) in [4.78, 5) is 51.3. The van der Waals surface area contributed by atoms with Crippen LogP contribution in [0.1, 0.15) is 40.6 Å². The van der Waals surface area contributed by atoms with Gasteiger partial charge in [0.05, 0.1) is 31.3 Å². The zero-order chi connectivity index (χ0) is 16.7. The molecule has 7 nitrogen and oxygen atoms in total. The summed E-state index contributed by atoms with van der Waals surface area (Å²) in [5, 5.41) is 0. The van der Waals surface area contributed by atoms with E-state index in [1.807, 2.05) is 0 Å². The molecule has 0 saturated heterocycles. The van der Waals surface area contributed by atoms with E-state index in [1.54, 1.807) is 6.92 Å². The van der Waals surface area contributed by atoms with Gasteiger partial charge in [0.25, 0.3) is 0 Å². The number of carbonyl (C=O) groups excluding carboxylic acids is 3. The molecular formula is C16H15NO6. The van der Waals surface area contributed by atoms with Crippen LogP contribution in [0.25, 0.3) is 0 Å². The number of Topliss-reactive ketones (excluding diaryl/α,β-unsaturated/α-hetero) is 2. The Labute approximate surface area is 131 Å². The number of ether oxygens (including phenoxy) is 2. The van der Waals surface area contributed by atoms with Gasteiger partial charge >= 0.3 is 5.97 Å². The number of fused-ring (bicyclic) bond motifs is 1. The van der Waals surface area contributed by atoms with Crippen LogP contribution in [0.3, 0.4) is 0 Å². The number of nitrogens with one attached hydrogen (secondary N) is 1. The predicted octanol–water partition coefficient (Wildman–Crippen LogP) is 0.791. The van der Waals surface area contributed by atoms with Crippen molar-refractivity contribution in [3.05, 3.63) is 44.9 Å². The first-order valence-corrected chi connectivity index (χ1v) is 7.20. The van der Waals surface area contributed by atoms with Gasteiger partial charge in [-0.3, -0.25) is 19.2 Å². The van der Waals surface area contributed by atoms with Crippen molar-refractivity contribution in [2.75, 3.05) is 7.11 Å². The van der Waals surface area contributed by atoms with Crippen LogP contribution in [0.2, 0.25) is 0 Å². The molecule has 1 aromatic heterocycles. The summed E-state index contributed by atoms with van der Waals surface area (Å²) in [6, 6.07) is 1.21. The summed E-state index contributed by atoms with van der Waals surface area (Å²) in [6.45, 7) is 1.63. The number of hydrogen-bond donors (Lipinski definition) is 1. The van der Waals surface area contributed by atoms with Gasteiger partial charge in [-0.1, -0.05) is 0 Å². The van der Waals surface area contributed by atoms with E-state index < -0.39 is 35.2 Å². The van der Waals surface area contributed by atoms with Gasteiger partial charge in [0.2, 0.25) is 5.78 Å². The number of aromatic amines is 1. The second-order valence-electron chi connectivity index (χ2n) is 5.53. The molecule has 2 atom stereocenters. The monoisotopic (exact) mass is 317 g/mol. The summed E-state index contributed by atoms with van der Waals surface area (Å²) < 4.78 is 10.3. The number of hydrogen-bond acceptors (Lipinski definition) is 6. The number of rotatable bonds is 2. The third-order valence-electron chi connectivity index (χ3n) is 4.11. The minimum absolute atomic E-state index is 0.00272. The van der Waals surface area contributed by atoms with Crippen molar-refractivity contribution in [2.45, 2.75) is 32.0 Å². The number of aromatic nitrogens is 1. The molecule has 0 bridgehead atoms. The fourth-order valence-corrected chi connectivity index (χ4v) is 3.08. The molecule has 1 aliphatic carbocycles. The van der Waals surface area contributed by atoms with Crippen LogP contribution in [0.5, 0.6) is 0 Å². The van der Waals surface area contributed by atoms with Gasteiger partial charge in [-0.05, 0) is 6.92 Å². The Morgan fingerprint density at radius 1 is 1.35 bits per heavy atom. The van der Waals surface area contributed by atoms with E-state index >= 15 is 0 Å². The molecule has 2 aliphatic rings. The van der Waals surface area contributed by atoms with Crippen molar-refractivity contribution in [2.24, 2.45) is 0 Å². The van der Waals surface area contributed by atoms with Gasteiger partial charge in [-0.2, -0.15) is 0 Å². The van der Waals surface area contributed by atoms with E-state index in [9.17, 15) is 19.2 Å². The van der Waals surface area contributed by atoms with Crippen molar-refractivity contribution in [1.29, 1.82) is 0 Å². The molecule has 23 heavy (non-hydrogen) atoms. The number of carbonyl (C=O) groups is 3. The molecule has 7 heteroatoms. The van der Waals surface area contributed by atoms with Crippen molar-refractivity contribution in [3.8, 4) is 0 Å². The average Bonchev–Trinajstić information content (AvgIpc) is 2.51. The fraction of sp³-hybridized carbons (Fsp3) is 0.375. The standard InChI is InChI=1S/C16H15NO6/c1-7-12-9(5-8(23-7)6-11(19)22-2)15(20)14-13(16(12)21)10(18)3-4-17-14/h3-4,7-8H,5-6H2,1-2H3,(H,17,18)/t7-,8-/m1/s1. The molecular weight excluding hydrogens is 302 g/mol. The number of methoxy groups -OCH3 is 1. The lowest BCUT2D eigenvalue weighted by Gasteiger charge is -2.33. The number of esters is 1. The second kappa shape index (κ2) is 5.58. The van der Waals surface area contributed by atoms with E-state index in [4.69, 9.17) is 4.74 Å². The smallest absolute Gasteiger partial charge is 0.308 e. The normalized spacial score (nSPS) is 23.4. The maximum atomic E-state index is 12.6. The first-order chi connectivity index (χ1) is 10.9. The third-order valence-corrected chi connectivity index (χ3v) is 4.11. The number of pyridine rings is 1. The van der Waals surface area contributed by atoms with Crippen LogP contribution in [-0.4, -0.2) is 41.8 Å². The maximum absolute atomic E-state index is 12.6. The first kappa shape index (κ1) is 15.4. The summed E-state index contributed by atoms with van der Waals surface area (Å²) in [5.41, 5.74) is -0.116. The first-order valence-electron chi connectivity index (χ1n) is 7.20. The van der Waals surface area contributed by atoms with Crippen LogP contribution in [-0.2, 0) is 14.3 Å². The van der Waals surface area contributed by atoms with Gasteiger partial charge in [0.15, 0.2) is 11.2 Å². The SMILES string of the molecule is COC(=O)C[C@H]1CC2=C(C(=O)c3c([nH]ccc3=O)C2=O)[C@@H](C)O1. The molecule has 0 aromatic carbocycles. The van der Waals surface area contributed by atoms with Crippen LogP contribution in [0.15, 0.2) is 28.2 Å². The summed E-state index contributed by atoms with van der Waals surface area (Å²) in [5.74, 6) is -1.33. The van der Waals surface area contributed by atoms with Gasteiger partial charge < -0.3 is 14.5 Å². The van der Waals surface area contributed by atoms with Crippen molar-refractivity contribution < 1.29 is 23.9 Å². The van der Waals surface area contributed by atoms with E-state index in [0.29, 0.717) is 5.57 Å². The van der Waals surface area contributed by atoms with Gasteiger partial charge in [-0.15, -0.1) is 0 Å². The van der Waals surface area contributed by atoms with E-state index in [1.165, 1.54) is 19.4 Å². The van der Waals surface area contributed by atoms with Gasteiger partial charge in [-0.25, -0.2) is 0 Å². The minimum atomic E-state index is -0.669. The largest absolute Gasteiger partial charge is 0.469 e. The molecule has 3 rings (SSSR count). The highest BCUT2D eigenvalue weighted by molar-refractivity contribution is 6.26. The van der Waals surface area contributed by atoms with Crippen molar-refractivity contribution in [3.63, 3.8) is 0 Å². The Morgan fingerprint density at radius 3 is 2.78 bits per heavy atom. The molecule has 0 spiro atoms. The highest BCUT2D eigenvalue weighted by Gasteiger charge is 2.41. The Kier molecular flexibility index (Phi) is 3.73. The summed E-state index contributed by atoms with van der Waals surface area (Å²) >= 11 is 0. The molecule has 0 saturated carbocycles. The lowest BCUT2D eigenvalue weighted by molar-refractivity contribution is -0.144. The van der Waals surface area contributed by atoms with Crippen molar-refractivity contribution >= 4 is 17.5 Å².